The van der Waals surface area contributed by atoms with Crippen molar-refractivity contribution in [2.45, 2.75) is 20.0 Å². The predicted octanol–water partition coefficient (Wildman–Crippen LogP) is 4.20. The monoisotopic (exact) mass is 530 g/mol. The normalized spacial score (nSPS) is 14.2. The lowest BCUT2D eigenvalue weighted by Crippen LogP contribution is -2.30. The fraction of sp³-hybridized carbons (Fsp3) is 0.143. The van der Waals surface area contributed by atoms with Crippen LogP contribution in [-0.4, -0.2) is 40.4 Å². The molecule has 2 aromatic carbocycles. The van der Waals surface area contributed by atoms with E-state index in [1.807, 2.05) is 24.3 Å². The number of methoxy groups -OCH3 is 1. The van der Waals surface area contributed by atoms with Crippen LogP contribution in [0, 0.1) is 12.7 Å². The van der Waals surface area contributed by atoms with E-state index in [0.29, 0.717) is 16.9 Å². The number of urea groups is 1. The molecule has 2 aromatic heterocycles. The number of fused-ring (bicyclic) bond motifs is 1. The van der Waals surface area contributed by atoms with E-state index in [9.17, 15) is 23.6 Å². The van der Waals surface area contributed by atoms with E-state index in [0.717, 1.165) is 15.8 Å². The maximum atomic E-state index is 13.5. The van der Waals surface area contributed by atoms with Crippen LogP contribution < -0.4 is 10.6 Å². The van der Waals surface area contributed by atoms with Gasteiger partial charge in [0, 0.05) is 27.8 Å². The molecule has 0 atom stereocenters. The number of rotatable bonds is 7. The standard InChI is InChI=1S/C28H23FN4O6/c1-16-21(13-22-26(35)33(28(37)31-22)14-19-10-11-24(39-19)27(36)38-2)20-8-3-4-9-23(20)32(16)15-25(34)30-18-7-5-6-17(29)12-18/h3-13H,14-15H2,1-2H3,(H,30,34)(H,31,37)/b22-13-. The lowest BCUT2D eigenvalue weighted by Gasteiger charge is -2.10. The summed E-state index contributed by atoms with van der Waals surface area (Å²) >= 11 is 0. The number of anilines is 1. The summed E-state index contributed by atoms with van der Waals surface area (Å²) in [5.74, 6) is -1.87. The number of amides is 4. The fourth-order valence-corrected chi connectivity index (χ4v) is 4.44. The number of furan rings is 1. The summed E-state index contributed by atoms with van der Waals surface area (Å²) in [6, 6.07) is 15.2. The van der Waals surface area contributed by atoms with Gasteiger partial charge in [-0.1, -0.05) is 24.3 Å². The zero-order valence-corrected chi connectivity index (χ0v) is 21.0. The van der Waals surface area contributed by atoms with Gasteiger partial charge in [-0.15, -0.1) is 0 Å². The van der Waals surface area contributed by atoms with Crippen LogP contribution >= 0.6 is 0 Å². The molecule has 5 rings (SSSR count). The van der Waals surface area contributed by atoms with Crippen molar-refractivity contribution in [3.05, 3.63) is 95.0 Å². The average Bonchev–Trinajstić information content (AvgIpc) is 3.57. The van der Waals surface area contributed by atoms with Gasteiger partial charge in [-0.3, -0.25) is 14.5 Å². The number of carbonyl (C=O) groups excluding carboxylic acids is 4. The van der Waals surface area contributed by atoms with Crippen molar-refractivity contribution < 1.29 is 32.7 Å². The molecule has 1 saturated heterocycles. The molecular weight excluding hydrogens is 507 g/mol. The molecule has 0 saturated carbocycles. The third-order valence-electron chi connectivity index (χ3n) is 6.30. The van der Waals surface area contributed by atoms with Crippen LogP contribution in [0.5, 0.6) is 0 Å². The fourth-order valence-electron chi connectivity index (χ4n) is 4.44. The SMILES string of the molecule is COC(=O)c1ccc(CN2C(=O)N/C(=C\c3c(C)n(CC(=O)Nc4cccc(F)c4)c4ccccc34)C2=O)o1. The van der Waals surface area contributed by atoms with E-state index in [1.165, 1.54) is 37.4 Å². The first-order chi connectivity index (χ1) is 18.7. The van der Waals surface area contributed by atoms with Gasteiger partial charge in [0.05, 0.1) is 13.7 Å². The maximum Gasteiger partial charge on any atom is 0.373 e. The van der Waals surface area contributed by atoms with Crippen molar-refractivity contribution in [1.29, 1.82) is 0 Å². The molecule has 0 unspecified atom stereocenters. The number of halogens is 1. The van der Waals surface area contributed by atoms with E-state index in [-0.39, 0.29) is 36.2 Å². The Kier molecular flexibility index (Phi) is 6.72. The first-order valence-electron chi connectivity index (χ1n) is 11.9. The maximum absolute atomic E-state index is 13.5. The van der Waals surface area contributed by atoms with Crippen molar-refractivity contribution in [2.24, 2.45) is 0 Å². The van der Waals surface area contributed by atoms with Gasteiger partial charge in [0.15, 0.2) is 0 Å². The molecule has 1 aliphatic rings. The van der Waals surface area contributed by atoms with Gasteiger partial charge in [0.25, 0.3) is 5.91 Å². The molecule has 0 spiro atoms. The zero-order chi connectivity index (χ0) is 27.7. The van der Waals surface area contributed by atoms with Crippen LogP contribution in [0.3, 0.4) is 0 Å². The van der Waals surface area contributed by atoms with E-state index in [2.05, 4.69) is 15.4 Å². The summed E-state index contributed by atoms with van der Waals surface area (Å²) in [5.41, 5.74) is 2.48. The average molecular weight is 531 g/mol. The Bertz CT molecular complexity index is 1670. The first-order valence-corrected chi connectivity index (χ1v) is 11.9. The first kappa shape index (κ1) is 25.5. The zero-order valence-electron chi connectivity index (χ0n) is 21.0. The van der Waals surface area contributed by atoms with Crippen molar-refractivity contribution in [2.75, 3.05) is 12.4 Å². The molecule has 4 amide bonds. The largest absolute Gasteiger partial charge is 0.463 e. The number of esters is 1. The van der Waals surface area contributed by atoms with Gasteiger partial charge >= 0.3 is 12.0 Å². The number of carbonyl (C=O) groups is 4. The summed E-state index contributed by atoms with van der Waals surface area (Å²) < 4.78 is 25.3. The van der Waals surface area contributed by atoms with Crippen LogP contribution in [0.1, 0.15) is 27.6 Å². The second-order valence-corrected chi connectivity index (χ2v) is 8.80. The number of ether oxygens (including phenoxy) is 1. The summed E-state index contributed by atoms with van der Waals surface area (Å²) in [6.45, 7) is 1.57. The lowest BCUT2D eigenvalue weighted by molar-refractivity contribution is -0.123. The lowest BCUT2D eigenvalue weighted by atomic mass is 10.1. The van der Waals surface area contributed by atoms with E-state index in [4.69, 9.17) is 4.42 Å². The Balaban J connectivity index is 1.41. The summed E-state index contributed by atoms with van der Waals surface area (Å²) in [6.07, 6.45) is 1.57. The number of aromatic nitrogens is 1. The second-order valence-electron chi connectivity index (χ2n) is 8.80. The van der Waals surface area contributed by atoms with Crippen LogP contribution in [0.2, 0.25) is 0 Å². The Morgan fingerprint density at radius 1 is 1.10 bits per heavy atom. The minimum Gasteiger partial charge on any atom is -0.463 e. The third-order valence-corrected chi connectivity index (χ3v) is 6.30. The molecule has 39 heavy (non-hydrogen) atoms. The highest BCUT2D eigenvalue weighted by Crippen LogP contribution is 2.29. The molecule has 0 aliphatic carbocycles. The highest BCUT2D eigenvalue weighted by atomic mass is 19.1. The van der Waals surface area contributed by atoms with Crippen LogP contribution in [-0.2, 0) is 27.4 Å². The highest BCUT2D eigenvalue weighted by Gasteiger charge is 2.35. The van der Waals surface area contributed by atoms with E-state index >= 15 is 0 Å². The predicted molar refractivity (Wildman–Crippen MR) is 139 cm³/mol. The minimum atomic E-state index is -0.671. The van der Waals surface area contributed by atoms with Crippen molar-refractivity contribution >= 4 is 46.5 Å². The van der Waals surface area contributed by atoms with Gasteiger partial charge in [-0.25, -0.2) is 14.0 Å². The van der Waals surface area contributed by atoms with E-state index in [1.54, 1.807) is 23.6 Å². The van der Waals surface area contributed by atoms with Crippen LogP contribution in [0.25, 0.3) is 17.0 Å². The number of nitrogens with zero attached hydrogens (tertiary/aromatic N) is 2. The Morgan fingerprint density at radius 2 is 1.90 bits per heavy atom. The summed E-state index contributed by atoms with van der Waals surface area (Å²) in [7, 11) is 1.22. The van der Waals surface area contributed by atoms with Crippen molar-refractivity contribution in [3.8, 4) is 0 Å². The molecule has 1 aliphatic heterocycles. The van der Waals surface area contributed by atoms with Gasteiger partial charge in [0.2, 0.25) is 11.7 Å². The number of nitrogens with one attached hydrogen (secondary N) is 2. The quantitative estimate of drug-likeness (QED) is 0.210. The third kappa shape index (κ3) is 5.01. The minimum absolute atomic E-state index is 0.0415. The number of benzene rings is 2. The van der Waals surface area contributed by atoms with Crippen molar-refractivity contribution in [3.63, 3.8) is 0 Å². The molecule has 2 N–H and O–H groups in total. The number of hydrogen-bond acceptors (Lipinski definition) is 6. The van der Waals surface area contributed by atoms with Gasteiger partial charge in [0.1, 0.15) is 23.8 Å². The van der Waals surface area contributed by atoms with Crippen LogP contribution in [0.15, 0.2) is 70.8 Å². The molecule has 198 valence electrons. The summed E-state index contributed by atoms with van der Waals surface area (Å²) in [4.78, 5) is 51.1. The number of hydrogen-bond donors (Lipinski definition) is 2. The summed E-state index contributed by atoms with van der Waals surface area (Å²) in [5, 5.41) is 6.05. The highest BCUT2D eigenvalue weighted by molar-refractivity contribution is 6.14. The molecule has 3 heterocycles. The van der Waals surface area contributed by atoms with Gasteiger partial charge < -0.3 is 24.4 Å². The topological polar surface area (TPSA) is 123 Å². The molecule has 10 nitrogen and oxygen atoms in total. The number of para-hydroxylation sites is 1. The molecule has 0 bridgehead atoms. The molecule has 0 radical (unpaired) electrons. The molecule has 11 heteroatoms. The van der Waals surface area contributed by atoms with Crippen molar-refractivity contribution in [1.82, 2.24) is 14.8 Å². The molecule has 1 fully saturated rings. The van der Waals surface area contributed by atoms with Crippen LogP contribution in [0.4, 0.5) is 14.9 Å². The molecule has 4 aromatic rings. The molecular formula is C28H23FN4O6. The van der Waals surface area contributed by atoms with Gasteiger partial charge in [-0.2, -0.15) is 0 Å². The Morgan fingerprint density at radius 3 is 2.67 bits per heavy atom. The second kappa shape index (κ2) is 10.3. The number of imide groups is 1. The van der Waals surface area contributed by atoms with Gasteiger partial charge in [-0.05, 0) is 49.4 Å². The Hall–Kier alpha value is -5.19. The van der Waals surface area contributed by atoms with E-state index < -0.39 is 23.7 Å². The smallest absolute Gasteiger partial charge is 0.373 e. The Labute approximate surface area is 221 Å².